The minimum absolute atomic E-state index is 0.113. The van der Waals surface area contributed by atoms with Crippen LogP contribution < -0.4 is 9.47 Å². The average Bonchev–Trinajstić information content (AvgIpc) is 2.82. The van der Waals surface area contributed by atoms with Crippen LogP contribution in [0, 0.1) is 6.92 Å². The lowest BCUT2D eigenvalue weighted by molar-refractivity contribution is 0.104. The summed E-state index contributed by atoms with van der Waals surface area (Å²) >= 11 is 3.56. The molecule has 4 rings (SSSR count). The van der Waals surface area contributed by atoms with Gasteiger partial charge in [0.2, 0.25) is 0 Å². The van der Waals surface area contributed by atoms with Crippen LogP contribution in [0.3, 0.4) is 0 Å². The molecule has 5 heteroatoms. The first-order valence-corrected chi connectivity index (χ1v) is 10.9. The SMILES string of the molecule is COc1cc(/C=C/C(=O)c2c(C)nc3ccc(Br)cc3c2-c2ccccc2)cc(OC)c1. The minimum atomic E-state index is -0.113. The van der Waals surface area contributed by atoms with Gasteiger partial charge in [-0.3, -0.25) is 9.78 Å². The third-order valence-electron chi connectivity index (χ3n) is 5.24. The van der Waals surface area contributed by atoms with Gasteiger partial charge in [0.05, 0.1) is 25.3 Å². The monoisotopic (exact) mass is 487 g/mol. The van der Waals surface area contributed by atoms with E-state index in [0.717, 1.165) is 32.1 Å². The molecule has 1 aromatic heterocycles. The van der Waals surface area contributed by atoms with E-state index in [1.165, 1.54) is 0 Å². The molecule has 4 nitrogen and oxygen atoms in total. The molecule has 0 atom stereocenters. The van der Waals surface area contributed by atoms with E-state index in [-0.39, 0.29) is 5.78 Å². The molecule has 0 aliphatic heterocycles. The van der Waals surface area contributed by atoms with Gasteiger partial charge in [-0.1, -0.05) is 52.3 Å². The topological polar surface area (TPSA) is 48.4 Å². The Kier molecular flexibility index (Phi) is 6.37. The number of allylic oxidation sites excluding steroid dienone is 1. The van der Waals surface area contributed by atoms with Crippen LogP contribution in [0.15, 0.2) is 77.3 Å². The number of aromatic nitrogens is 1. The van der Waals surface area contributed by atoms with Crippen molar-refractivity contribution < 1.29 is 14.3 Å². The van der Waals surface area contributed by atoms with E-state index in [0.29, 0.717) is 22.8 Å². The number of rotatable bonds is 6. The fourth-order valence-corrected chi connectivity index (χ4v) is 4.11. The number of hydrogen-bond donors (Lipinski definition) is 0. The molecule has 0 unspecified atom stereocenters. The second-order valence-electron chi connectivity index (χ2n) is 7.32. The first-order chi connectivity index (χ1) is 15.5. The van der Waals surface area contributed by atoms with Gasteiger partial charge in [-0.2, -0.15) is 0 Å². The van der Waals surface area contributed by atoms with Gasteiger partial charge >= 0.3 is 0 Å². The molecule has 1 heterocycles. The number of pyridine rings is 1. The molecule has 0 aliphatic carbocycles. The average molecular weight is 488 g/mol. The number of carbonyl (C=O) groups is 1. The summed E-state index contributed by atoms with van der Waals surface area (Å²) in [5.74, 6) is 1.21. The number of methoxy groups -OCH3 is 2. The van der Waals surface area contributed by atoms with Crippen molar-refractivity contribution in [1.82, 2.24) is 4.98 Å². The van der Waals surface area contributed by atoms with Crippen LogP contribution in [0.4, 0.5) is 0 Å². The molecular weight excluding hydrogens is 466 g/mol. The standard InChI is InChI=1S/C27H22BrNO3/c1-17-26(25(30)12-9-18-13-21(31-2)16-22(14-18)32-3)27(19-7-5-4-6-8-19)23-15-20(28)10-11-24(23)29-17/h4-16H,1-3H3/b12-9+. The number of halogens is 1. The summed E-state index contributed by atoms with van der Waals surface area (Å²) in [6.45, 7) is 1.88. The van der Waals surface area contributed by atoms with Crippen molar-refractivity contribution in [2.45, 2.75) is 6.92 Å². The summed E-state index contributed by atoms with van der Waals surface area (Å²) < 4.78 is 11.6. The largest absolute Gasteiger partial charge is 0.497 e. The maximum Gasteiger partial charge on any atom is 0.188 e. The third-order valence-corrected chi connectivity index (χ3v) is 5.73. The maximum atomic E-state index is 13.5. The lowest BCUT2D eigenvalue weighted by Crippen LogP contribution is -2.05. The smallest absolute Gasteiger partial charge is 0.188 e. The van der Waals surface area contributed by atoms with Gasteiger partial charge in [0.15, 0.2) is 5.78 Å². The summed E-state index contributed by atoms with van der Waals surface area (Å²) in [5, 5.41) is 0.927. The zero-order valence-corrected chi connectivity index (χ0v) is 19.6. The van der Waals surface area contributed by atoms with Gasteiger partial charge in [0.25, 0.3) is 0 Å². The van der Waals surface area contributed by atoms with Gasteiger partial charge in [0.1, 0.15) is 11.5 Å². The molecule has 0 saturated heterocycles. The fraction of sp³-hybridized carbons (Fsp3) is 0.111. The van der Waals surface area contributed by atoms with E-state index >= 15 is 0 Å². The summed E-state index contributed by atoms with van der Waals surface area (Å²) in [6, 6.07) is 21.4. The molecule has 0 fully saturated rings. The number of ether oxygens (including phenoxy) is 2. The molecule has 0 N–H and O–H groups in total. The van der Waals surface area contributed by atoms with Crippen molar-refractivity contribution in [3.05, 3.63) is 94.1 Å². The van der Waals surface area contributed by atoms with Crippen LogP contribution in [0.25, 0.3) is 28.1 Å². The molecule has 0 aliphatic rings. The highest BCUT2D eigenvalue weighted by Crippen LogP contribution is 2.35. The fourth-order valence-electron chi connectivity index (χ4n) is 3.75. The van der Waals surface area contributed by atoms with Crippen molar-refractivity contribution in [3.8, 4) is 22.6 Å². The Morgan fingerprint density at radius 3 is 2.28 bits per heavy atom. The first kappa shape index (κ1) is 21.8. The molecule has 0 radical (unpaired) electrons. The number of benzene rings is 3. The van der Waals surface area contributed by atoms with E-state index in [4.69, 9.17) is 14.5 Å². The lowest BCUT2D eigenvalue weighted by Gasteiger charge is -2.14. The van der Waals surface area contributed by atoms with Crippen LogP contribution in [-0.4, -0.2) is 25.0 Å². The van der Waals surface area contributed by atoms with Gasteiger partial charge in [0, 0.05) is 27.2 Å². The third kappa shape index (κ3) is 4.43. The quantitative estimate of drug-likeness (QED) is 0.219. The number of hydrogen-bond acceptors (Lipinski definition) is 4. The normalized spacial score (nSPS) is 11.1. The van der Waals surface area contributed by atoms with Gasteiger partial charge in [-0.15, -0.1) is 0 Å². The van der Waals surface area contributed by atoms with Crippen molar-refractivity contribution in [2.75, 3.05) is 14.2 Å². The number of fused-ring (bicyclic) bond motifs is 1. The van der Waals surface area contributed by atoms with E-state index in [9.17, 15) is 4.79 Å². The number of ketones is 1. The predicted octanol–water partition coefficient (Wildman–Crippen LogP) is 6.89. The van der Waals surface area contributed by atoms with Gasteiger partial charge in [-0.25, -0.2) is 0 Å². The number of aryl methyl sites for hydroxylation is 1. The van der Waals surface area contributed by atoms with Crippen LogP contribution in [0.1, 0.15) is 21.6 Å². The van der Waals surface area contributed by atoms with Crippen molar-refractivity contribution >= 4 is 38.7 Å². The highest BCUT2D eigenvalue weighted by atomic mass is 79.9. The second kappa shape index (κ2) is 9.37. The predicted molar refractivity (Wildman–Crippen MR) is 133 cm³/mol. The molecule has 0 spiro atoms. The summed E-state index contributed by atoms with van der Waals surface area (Å²) in [6.07, 6.45) is 3.35. The molecule has 0 amide bonds. The molecular formula is C27H22BrNO3. The lowest BCUT2D eigenvalue weighted by atomic mass is 9.92. The van der Waals surface area contributed by atoms with E-state index < -0.39 is 0 Å². The Balaban J connectivity index is 1.86. The highest BCUT2D eigenvalue weighted by Gasteiger charge is 2.19. The highest BCUT2D eigenvalue weighted by molar-refractivity contribution is 9.10. The maximum absolute atomic E-state index is 13.5. The number of nitrogens with zero attached hydrogens (tertiary/aromatic N) is 1. The van der Waals surface area contributed by atoms with E-state index in [1.807, 2.05) is 67.6 Å². The number of carbonyl (C=O) groups excluding carboxylic acids is 1. The van der Waals surface area contributed by atoms with Crippen molar-refractivity contribution in [2.24, 2.45) is 0 Å². The molecule has 160 valence electrons. The second-order valence-corrected chi connectivity index (χ2v) is 8.23. The van der Waals surface area contributed by atoms with E-state index in [1.54, 1.807) is 32.4 Å². The van der Waals surface area contributed by atoms with Crippen molar-refractivity contribution in [3.63, 3.8) is 0 Å². The Hall–Kier alpha value is -3.44. The molecule has 0 saturated carbocycles. The molecule has 0 bridgehead atoms. The first-order valence-electron chi connectivity index (χ1n) is 10.1. The molecule has 4 aromatic rings. The van der Waals surface area contributed by atoms with Crippen molar-refractivity contribution in [1.29, 1.82) is 0 Å². The Labute approximate surface area is 195 Å². The molecule has 32 heavy (non-hydrogen) atoms. The van der Waals surface area contributed by atoms with Crippen LogP contribution in [0.5, 0.6) is 11.5 Å². The molecule has 3 aromatic carbocycles. The van der Waals surface area contributed by atoms with Crippen LogP contribution in [-0.2, 0) is 0 Å². The minimum Gasteiger partial charge on any atom is -0.497 e. The summed E-state index contributed by atoms with van der Waals surface area (Å²) in [4.78, 5) is 18.2. The van der Waals surface area contributed by atoms with Crippen LogP contribution >= 0.6 is 15.9 Å². The zero-order chi connectivity index (χ0) is 22.7. The Morgan fingerprint density at radius 2 is 1.62 bits per heavy atom. The Bertz CT molecular complexity index is 1310. The zero-order valence-electron chi connectivity index (χ0n) is 18.1. The Morgan fingerprint density at radius 1 is 0.938 bits per heavy atom. The van der Waals surface area contributed by atoms with Crippen LogP contribution in [0.2, 0.25) is 0 Å². The summed E-state index contributed by atoms with van der Waals surface area (Å²) in [5.41, 5.74) is 4.80. The van der Waals surface area contributed by atoms with Gasteiger partial charge in [-0.05, 0) is 54.5 Å². The van der Waals surface area contributed by atoms with E-state index in [2.05, 4.69) is 15.9 Å². The van der Waals surface area contributed by atoms with Gasteiger partial charge < -0.3 is 9.47 Å². The summed E-state index contributed by atoms with van der Waals surface area (Å²) in [7, 11) is 3.20.